The Labute approximate surface area is 169 Å². The molecule has 2 aromatic rings. The Kier molecular flexibility index (Phi) is 6.47. The number of carbonyl (C=O) groups excluding carboxylic acids is 1. The number of thioether (sulfide) groups is 1. The molecule has 1 aliphatic rings. The summed E-state index contributed by atoms with van der Waals surface area (Å²) < 4.78 is 38.6. The van der Waals surface area contributed by atoms with Crippen molar-refractivity contribution in [1.82, 2.24) is 19.8 Å². The van der Waals surface area contributed by atoms with E-state index in [4.69, 9.17) is 11.6 Å². The summed E-state index contributed by atoms with van der Waals surface area (Å²) in [6, 6.07) is 5.33. The van der Waals surface area contributed by atoms with Crippen LogP contribution in [0.15, 0.2) is 35.6 Å². The number of carbonyl (C=O) groups is 1. The van der Waals surface area contributed by atoms with E-state index >= 15 is 0 Å². The fourth-order valence-corrected chi connectivity index (χ4v) is 3.47. The Balaban J connectivity index is 1.61. The van der Waals surface area contributed by atoms with Crippen LogP contribution < -0.4 is 0 Å². The number of amides is 1. The highest BCUT2D eigenvalue weighted by Gasteiger charge is 2.31. The van der Waals surface area contributed by atoms with E-state index in [9.17, 15) is 18.0 Å². The van der Waals surface area contributed by atoms with E-state index in [0.717, 1.165) is 6.07 Å². The van der Waals surface area contributed by atoms with Crippen molar-refractivity contribution in [2.24, 2.45) is 0 Å². The fourth-order valence-electron chi connectivity index (χ4n) is 2.96. The van der Waals surface area contributed by atoms with E-state index in [1.165, 1.54) is 30.1 Å². The van der Waals surface area contributed by atoms with Crippen molar-refractivity contribution in [2.45, 2.75) is 17.9 Å². The Morgan fingerprint density at radius 2 is 1.96 bits per heavy atom. The SMILES string of the molecule is CSc1ncc(Cl)c(C(=O)N2CCN(Cc3cccc(C(F)(F)F)c3)CC2)n1. The van der Waals surface area contributed by atoms with Gasteiger partial charge in [-0.3, -0.25) is 9.69 Å². The average Bonchev–Trinajstić information content (AvgIpc) is 2.68. The van der Waals surface area contributed by atoms with Gasteiger partial charge < -0.3 is 4.90 Å². The van der Waals surface area contributed by atoms with Gasteiger partial charge in [0.25, 0.3) is 5.91 Å². The maximum absolute atomic E-state index is 12.9. The summed E-state index contributed by atoms with van der Waals surface area (Å²) in [5.41, 5.74) is 0.118. The summed E-state index contributed by atoms with van der Waals surface area (Å²) in [6.07, 6.45) is -1.13. The topological polar surface area (TPSA) is 49.3 Å². The van der Waals surface area contributed by atoms with E-state index in [-0.39, 0.29) is 16.6 Å². The average molecular weight is 431 g/mol. The first-order valence-electron chi connectivity index (χ1n) is 8.52. The lowest BCUT2D eigenvalue weighted by Gasteiger charge is -2.34. The Bertz CT molecular complexity index is 857. The highest BCUT2D eigenvalue weighted by Crippen LogP contribution is 2.30. The van der Waals surface area contributed by atoms with Crippen LogP contribution in [0.25, 0.3) is 0 Å². The minimum atomic E-state index is -4.35. The predicted molar refractivity (Wildman–Crippen MR) is 101 cm³/mol. The second kappa shape index (κ2) is 8.67. The molecule has 1 aliphatic heterocycles. The molecule has 5 nitrogen and oxygen atoms in total. The van der Waals surface area contributed by atoms with Gasteiger partial charge in [0.15, 0.2) is 10.9 Å². The van der Waals surface area contributed by atoms with Gasteiger partial charge in [-0.1, -0.05) is 41.6 Å². The van der Waals surface area contributed by atoms with E-state index < -0.39 is 11.7 Å². The lowest BCUT2D eigenvalue weighted by Crippen LogP contribution is -2.48. The number of rotatable bonds is 4. The smallest absolute Gasteiger partial charge is 0.335 e. The van der Waals surface area contributed by atoms with E-state index in [2.05, 4.69) is 9.97 Å². The molecule has 1 fully saturated rings. The van der Waals surface area contributed by atoms with Gasteiger partial charge in [0.1, 0.15) is 0 Å². The first-order chi connectivity index (χ1) is 13.3. The molecular formula is C18H18ClF3N4OS. The van der Waals surface area contributed by atoms with Crippen molar-refractivity contribution in [2.75, 3.05) is 32.4 Å². The van der Waals surface area contributed by atoms with Crippen LogP contribution >= 0.6 is 23.4 Å². The second-order valence-corrected chi connectivity index (χ2v) is 7.50. The Hall–Kier alpha value is -1.84. The second-order valence-electron chi connectivity index (χ2n) is 6.32. The van der Waals surface area contributed by atoms with Crippen LogP contribution in [0.3, 0.4) is 0 Å². The number of piperazine rings is 1. The molecule has 0 unspecified atom stereocenters. The molecule has 0 N–H and O–H groups in total. The summed E-state index contributed by atoms with van der Waals surface area (Å²) in [4.78, 5) is 24.6. The predicted octanol–water partition coefficient (Wildman–Crippen LogP) is 3.83. The Morgan fingerprint density at radius 3 is 2.61 bits per heavy atom. The van der Waals surface area contributed by atoms with Crippen molar-refractivity contribution >= 4 is 29.3 Å². The summed E-state index contributed by atoms with van der Waals surface area (Å²) in [5.74, 6) is -0.263. The quantitative estimate of drug-likeness (QED) is 0.545. The molecule has 28 heavy (non-hydrogen) atoms. The number of benzene rings is 1. The molecule has 2 heterocycles. The van der Waals surface area contributed by atoms with Gasteiger partial charge >= 0.3 is 6.18 Å². The summed E-state index contributed by atoms with van der Waals surface area (Å²) in [7, 11) is 0. The molecule has 0 radical (unpaired) electrons. The van der Waals surface area contributed by atoms with E-state index in [1.807, 2.05) is 11.2 Å². The molecular weight excluding hydrogens is 413 g/mol. The Morgan fingerprint density at radius 1 is 1.25 bits per heavy atom. The van der Waals surface area contributed by atoms with Crippen molar-refractivity contribution in [3.8, 4) is 0 Å². The third kappa shape index (κ3) is 4.95. The standard InChI is InChI=1S/C18H18ClF3N4OS/c1-28-17-23-10-14(19)15(24-17)16(27)26-7-5-25(6-8-26)11-12-3-2-4-13(9-12)18(20,21)22/h2-4,9-10H,5-8,11H2,1H3. The zero-order chi connectivity index (χ0) is 20.3. The zero-order valence-electron chi connectivity index (χ0n) is 15.0. The molecule has 1 saturated heterocycles. The van der Waals surface area contributed by atoms with Gasteiger partial charge in [0, 0.05) is 32.7 Å². The van der Waals surface area contributed by atoms with E-state index in [1.54, 1.807) is 11.0 Å². The monoisotopic (exact) mass is 430 g/mol. The van der Waals surface area contributed by atoms with Crippen LogP contribution in [0, 0.1) is 0 Å². The van der Waals surface area contributed by atoms with Crippen LogP contribution in [-0.4, -0.2) is 58.1 Å². The van der Waals surface area contributed by atoms with Gasteiger partial charge in [0.2, 0.25) is 0 Å². The molecule has 150 valence electrons. The summed E-state index contributed by atoms with van der Waals surface area (Å²) >= 11 is 7.39. The van der Waals surface area contributed by atoms with E-state index in [0.29, 0.717) is 43.4 Å². The van der Waals surface area contributed by atoms with Gasteiger partial charge in [-0.15, -0.1) is 0 Å². The third-order valence-corrected chi connectivity index (χ3v) is 5.27. The van der Waals surface area contributed by atoms with Gasteiger partial charge in [-0.05, 0) is 17.9 Å². The molecule has 0 saturated carbocycles. The van der Waals surface area contributed by atoms with Crippen LogP contribution in [0.1, 0.15) is 21.6 Å². The largest absolute Gasteiger partial charge is 0.416 e. The zero-order valence-corrected chi connectivity index (χ0v) is 16.6. The number of aromatic nitrogens is 2. The van der Waals surface area contributed by atoms with Crippen molar-refractivity contribution in [1.29, 1.82) is 0 Å². The fraction of sp³-hybridized carbons (Fsp3) is 0.389. The van der Waals surface area contributed by atoms with Crippen molar-refractivity contribution in [3.05, 3.63) is 52.3 Å². The maximum atomic E-state index is 12.9. The van der Waals surface area contributed by atoms with Crippen molar-refractivity contribution in [3.63, 3.8) is 0 Å². The summed E-state index contributed by atoms with van der Waals surface area (Å²) in [5, 5.41) is 0.671. The minimum absolute atomic E-state index is 0.173. The molecule has 0 spiro atoms. The number of hydrogen-bond acceptors (Lipinski definition) is 5. The van der Waals surface area contributed by atoms with Gasteiger partial charge in [-0.2, -0.15) is 13.2 Å². The van der Waals surface area contributed by atoms with Crippen LogP contribution in [0.5, 0.6) is 0 Å². The lowest BCUT2D eigenvalue weighted by molar-refractivity contribution is -0.137. The number of nitrogens with zero attached hydrogens (tertiary/aromatic N) is 4. The molecule has 3 rings (SSSR count). The highest BCUT2D eigenvalue weighted by atomic mass is 35.5. The molecule has 1 amide bonds. The maximum Gasteiger partial charge on any atom is 0.416 e. The van der Waals surface area contributed by atoms with Gasteiger partial charge in [0.05, 0.1) is 16.8 Å². The first kappa shape index (κ1) is 20.9. The number of hydrogen-bond donors (Lipinski definition) is 0. The minimum Gasteiger partial charge on any atom is -0.335 e. The molecule has 1 aromatic carbocycles. The molecule has 0 atom stereocenters. The number of alkyl halides is 3. The van der Waals surface area contributed by atoms with Crippen LogP contribution in [0.4, 0.5) is 13.2 Å². The van der Waals surface area contributed by atoms with Crippen LogP contribution in [0.2, 0.25) is 5.02 Å². The number of halogens is 4. The third-order valence-electron chi connectivity index (χ3n) is 4.43. The molecule has 0 bridgehead atoms. The molecule has 0 aliphatic carbocycles. The lowest BCUT2D eigenvalue weighted by atomic mass is 10.1. The summed E-state index contributed by atoms with van der Waals surface area (Å²) in [6.45, 7) is 2.41. The first-order valence-corrected chi connectivity index (χ1v) is 10.1. The van der Waals surface area contributed by atoms with Gasteiger partial charge in [-0.25, -0.2) is 9.97 Å². The van der Waals surface area contributed by atoms with Crippen molar-refractivity contribution < 1.29 is 18.0 Å². The molecule has 10 heteroatoms. The highest BCUT2D eigenvalue weighted by molar-refractivity contribution is 7.98. The normalized spacial score (nSPS) is 15.7. The molecule has 1 aromatic heterocycles. The van der Waals surface area contributed by atoms with Crippen LogP contribution in [-0.2, 0) is 12.7 Å².